The molecule has 1 N–H and O–H groups in total. The van der Waals surface area contributed by atoms with Crippen molar-refractivity contribution in [3.8, 4) is 5.75 Å². The average Bonchev–Trinajstić information content (AvgIpc) is 3.50. The molecule has 0 unspecified atom stereocenters. The Morgan fingerprint density at radius 2 is 2.00 bits per heavy atom. The molecule has 0 bridgehead atoms. The van der Waals surface area contributed by atoms with Gasteiger partial charge in [-0.25, -0.2) is 9.97 Å². The first-order valence-electron chi connectivity index (χ1n) is 12.3. The molecule has 1 aliphatic carbocycles. The second-order valence-corrected chi connectivity index (χ2v) is 9.64. The molecule has 0 amide bonds. The highest BCUT2D eigenvalue weighted by Crippen LogP contribution is 2.43. The molecule has 3 aromatic heterocycles. The molecule has 2 aromatic carbocycles. The van der Waals surface area contributed by atoms with Crippen LogP contribution in [0.5, 0.6) is 5.75 Å². The zero-order valence-corrected chi connectivity index (χ0v) is 20.2. The molecule has 8 nitrogen and oxygen atoms in total. The molecular formula is C28H25N7O. The zero-order chi connectivity index (χ0) is 24.2. The van der Waals surface area contributed by atoms with E-state index in [0.717, 1.165) is 61.7 Å². The maximum Gasteiger partial charge on any atom is 0.201 e. The fourth-order valence-electron chi connectivity index (χ4n) is 5.17. The van der Waals surface area contributed by atoms with Crippen molar-refractivity contribution in [2.45, 2.75) is 45.8 Å². The topological polar surface area (TPSA) is 94.4 Å². The summed E-state index contributed by atoms with van der Waals surface area (Å²) >= 11 is 0. The number of aryl methyl sites for hydroxylation is 1. The minimum atomic E-state index is 0.498. The third-order valence-electron chi connectivity index (χ3n) is 7.19. The van der Waals surface area contributed by atoms with E-state index in [4.69, 9.17) is 14.7 Å². The third-order valence-corrected chi connectivity index (χ3v) is 7.19. The van der Waals surface area contributed by atoms with Crippen molar-refractivity contribution in [2.75, 3.05) is 0 Å². The van der Waals surface area contributed by atoms with Crippen LogP contribution >= 0.6 is 0 Å². The number of rotatable bonds is 4. The van der Waals surface area contributed by atoms with Crippen LogP contribution in [-0.4, -0.2) is 35.2 Å². The van der Waals surface area contributed by atoms with Crippen LogP contribution in [-0.2, 0) is 13.2 Å². The van der Waals surface area contributed by atoms with Gasteiger partial charge in [0.25, 0.3) is 0 Å². The lowest BCUT2D eigenvalue weighted by molar-refractivity contribution is 0.307. The van der Waals surface area contributed by atoms with Gasteiger partial charge in [-0.05, 0) is 71.9 Å². The highest BCUT2D eigenvalue weighted by molar-refractivity contribution is 5.99. The van der Waals surface area contributed by atoms with Gasteiger partial charge in [-0.3, -0.25) is 0 Å². The summed E-state index contributed by atoms with van der Waals surface area (Å²) in [6, 6.07) is 16.9. The van der Waals surface area contributed by atoms with E-state index >= 15 is 0 Å². The van der Waals surface area contributed by atoms with Crippen molar-refractivity contribution in [1.29, 1.82) is 0 Å². The van der Waals surface area contributed by atoms with Crippen molar-refractivity contribution in [1.82, 2.24) is 35.2 Å². The number of hydrogen-bond acceptors (Lipinski definition) is 6. The number of nitrogens with one attached hydrogen (secondary N) is 1. The number of tetrazole rings is 1. The highest BCUT2D eigenvalue weighted by atomic mass is 16.5. The van der Waals surface area contributed by atoms with Gasteiger partial charge in [0.2, 0.25) is 5.82 Å². The van der Waals surface area contributed by atoms with E-state index in [-0.39, 0.29) is 0 Å². The van der Waals surface area contributed by atoms with Crippen LogP contribution in [0.4, 0.5) is 0 Å². The Kier molecular flexibility index (Phi) is 4.73. The van der Waals surface area contributed by atoms with Crippen LogP contribution in [0, 0.1) is 6.92 Å². The van der Waals surface area contributed by atoms with Crippen LogP contribution in [0.1, 0.15) is 65.1 Å². The molecule has 1 aliphatic heterocycles. The van der Waals surface area contributed by atoms with Crippen LogP contribution in [0.3, 0.4) is 0 Å². The van der Waals surface area contributed by atoms with Gasteiger partial charge < -0.3 is 9.30 Å². The lowest BCUT2D eigenvalue weighted by Gasteiger charge is -2.15. The number of imidazole rings is 1. The first-order chi connectivity index (χ1) is 17.7. The van der Waals surface area contributed by atoms with Crippen molar-refractivity contribution in [3.63, 3.8) is 0 Å². The second-order valence-electron chi connectivity index (χ2n) is 9.64. The Morgan fingerprint density at radius 3 is 2.83 bits per heavy atom. The van der Waals surface area contributed by atoms with E-state index in [1.807, 2.05) is 25.3 Å². The molecule has 0 saturated heterocycles. The smallest absolute Gasteiger partial charge is 0.201 e. The van der Waals surface area contributed by atoms with Gasteiger partial charge >= 0.3 is 0 Å². The van der Waals surface area contributed by atoms with Gasteiger partial charge in [0.05, 0.1) is 6.54 Å². The van der Waals surface area contributed by atoms with Crippen molar-refractivity contribution in [3.05, 3.63) is 94.2 Å². The van der Waals surface area contributed by atoms with Crippen LogP contribution in [0.25, 0.3) is 22.3 Å². The lowest BCUT2D eigenvalue weighted by atomic mass is 9.90. The molecule has 178 valence electrons. The number of hydrogen-bond donors (Lipinski definition) is 1. The van der Waals surface area contributed by atoms with Crippen LogP contribution in [0.15, 0.2) is 54.7 Å². The monoisotopic (exact) mass is 475 g/mol. The zero-order valence-electron chi connectivity index (χ0n) is 20.2. The Bertz CT molecular complexity index is 1640. The first kappa shape index (κ1) is 21.0. The Morgan fingerprint density at radius 1 is 1.11 bits per heavy atom. The van der Waals surface area contributed by atoms with Gasteiger partial charge in [-0.1, -0.05) is 36.4 Å². The molecule has 5 aromatic rings. The summed E-state index contributed by atoms with van der Waals surface area (Å²) in [5, 5.41) is 14.8. The van der Waals surface area contributed by atoms with Gasteiger partial charge in [-0.2, -0.15) is 5.21 Å². The minimum absolute atomic E-state index is 0.498. The molecule has 36 heavy (non-hydrogen) atoms. The molecule has 0 radical (unpaired) electrons. The maximum absolute atomic E-state index is 6.39. The molecule has 0 atom stereocenters. The molecule has 1 saturated carbocycles. The summed E-state index contributed by atoms with van der Waals surface area (Å²) in [5.74, 6) is 3.10. The third kappa shape index (κ3) is 3.40. The number of nitrogens with zero attached hydrogens (tertiary/aromatic N) is 6. The fourth-order valence-corrected chi connectivity index (χ4v) is 5.17. The van der Waals surface area contributed by atoms with E-state index < -0.39 is 0 Å². The van der Waals surface area contributed by atoms with Crippen molar-refractivity contribution < 1.29 is 4.74 Å². The Hall–Kier alpha value is -4.33. The fraction of sp³-hybridized carbons (Fsp3) is 0.250. The standard InChI is InChI=1S/C28H25N7O/c1-16-11-12-29-28-25(16)30-27(19-8-9-19)35(28)14-18-7-10-22-23(13-18)36-15-20-5-3-4-6-21(20)24(22)17(2)26-31-33-34-32-26/h3-7,10-13,19H,8-9,14-15H2,1-2H3,(H,31,32,33,34)/b24-17-. The number of benzene rings is 2. The largest absolute Gasteiger partial charge is 0.488 e. The van der Waals surface area contributed by atoms with E-state index in [0.29, 0.717) is 24.9 Å². The van der Waals surface area contributed by atoms with Crippen LogP contribution in [0.2, 0.25) is 0 Å². The Balaban J connectivity index is 1.35. The first-order valence-corrected chi connectivity index (χ1v) is 12.3. The normalized spacial score (nSPS) is 16.3. The summed E-state index contributed by atoms with van der Waals surface area (Å²) in [5.41, 5.74) is 9.57. The predicted molar refractivity (Wildman–Crippen MR) is 136 cm³/mol. The SMILES string of the molecule is C/C(=C1\c2ccccc2COc2cc(Cn3c(C4CC4)nc4c(C)ccnc43)ccc21)c1nn[nH]n1. The van der Waals surface area contributed by atoms with Crippen molar-refractivity contribution in [2.24, 2.45) is 0 Å². The molecular weight excluding hydrogens is 450 g/mol. The molecule has 2 aliphatic rings. The van der Waals surface area contributed by atoms with Gasteiger partial charge in [0, 0.05) is 23.3 Å². The number of aromatic amines is 1. The maximum atomic E-state index is 6.39. The van der Waals surface area contributed by atoms with Gasteiger partial charge in [0.15, 0.2) is 5.65 Å². The quantitative estimate of drug-likeness (QED) is 0.391. The molecule has 7 rings (SSSR count). The second kappa shape index (κ2) is 8.12. The minimum Gasteiger partial charge on any atom is -0.488 e. The number of pyridine rings is 1. The van der Waals surface area contributed by atoms with E-state index in [2.05, 4.69) is 68.5 Å². The number of fused-ring (bicyclic) bond motifs is 3. The molecule has 0 spiro atoms. The highest BCUT2D eigenvalue weighted by Gasteiger charge is 2.30. The van der Waals surface area contributed by atoms with Crippen LogP contribution < -0.4 is 4.74 Å². The Labute approximate surface area is 208 Å². The number of ether oxygens (including phenoxy) is 1. The number of H-pyrrole nitrogens is 1. The van der Waals surface area contributed by atoms with Gasteiger partial charge in [0.1, 0.15) is 23.7 Å². The molecule has 4 heterocycles. The van der Waals surface area contributed by atoms with Gasteiger partial charge in [-0.15, -0.1) is 10.2 Å². The predicted octanol–water partition coefficient (Wildman–Crippen LogP) is 5.05. The average molecular weight is 476 g/mol. The summed E-state index contributed by atoms with van der Waals surface area (Å²) in [4.78, 5) is 9.70. The number of allylic oxidation sites excluding steroid dienone is 1. The molecule has 1 fully saturated rings. The lowest BCUT2D eigenvalue weighted by Crippen LogP contribution is -2.06. The summed E-state index contributed by atoms with van der Waals surface area (Å²) in [6.45, 7) is 5.34. The number of aromatic nitrogens is 7. The van der Waals surface area contributed by atoms with E-state index in [9.17, 15) is 0 Å². The molecule has 8 heteroatoms. The van der Waals surface area contributed by atoms with Crippen molar-refractivity contribution >= 4 is 22.3 Å². The summed E-state index contributed by atoms with van der Waals surface area (Å²) in [7, 11) is 0. The van der Waals surface area contributed by atoms with E-state index in [1.165, 1.54) is 12.8 Å². The summed E-state index contributed by atoms with van der Waals surface area (Å²) < 4.78 is 8.68. The van der Waals surface area contributed by atoms with E-state index in [1.54, 1.807) is 0 Å². The summed E-state index contributed by atoms with van der Waals surface area (Å²) in [6.07, 6.45) is 4.26.